The van der Waals surface area contributed by atoms with Crippen molar-refractivity contribution in [3.63, 3.8) is 0 Å². The Morgan fingerprint density at radius 1 is 1.61 bits per heavy atom. The maximum absolute atomic E-state index is 5.55. The molecule has 1 atom stereocenters. The molecular weight excluding hydrogens is 234 g/mol. The van der Waals surface area contributed by atoms with E-state index in [1.54, 1.807) is 13.3 Å². The van der Waals surface area contributed by atoms with Crippen molar-refractivity contribution in [1.82, 2.24) is 9.97 Å². The van der Waals surface area contributed by atoms with Crippen molar-refractivity contribution in [2.45, 2.75) is 18.9 Å². The van der Waals surface area contributed by atoms with E-state index in [0.717, 1.165) is 24.4 Å². The minimum absolute atomic E-state index is 0.270. The standard InChI is InChI=1S/C11H19N5O2/c1-8-5-13-10(16-12)15-9(8)14-6-11(17-2)3-4-18-7-11/h5H,3-4,6-7,12H2,1-2H3,(H2,13,14,15,16). The highest BCUT2D eigenvalue weighted by Crippen LogP contribution is 2.23. The normalized spacial score (nSPS) is 23.1. The van der Waals surface area contributed by atoms with E-state index in [-0.39, 0.29) is 5.60 Å². The van der Waals surface area contributed by atoms with Gasteiger partial charge < -0.3 is 14.8 Å². The van der Waals surface area contributed by atoms with Gasteiger partial charge in [-0.15, -0.1) is 0 Å². The van der Waals surface area contributed by atoms with Gasteiger partial charge in [-0.25, -0.2) is 10.8 Å². The number of anilines is 2. The topological polar surface area (TPSA) is 94.3 Å². The summed E-state index contributed by atoms with van der Waals surface area (Å²) >= 11 is 0. The Kier molecular flexibility index (Phi) is 3.95. The van der Waals surface area contributed by atoms with Gasteiger partial charge in [0.05, 0.1) is 6.61 Å². The van der Waals surface area contributed by atoms with Crippen LogP contribution in [0.15, 0.2) is 6.20 Å². The van der Waals surface area contributed by atoms with Gasteiger partial charge in [-0.05, 0) is 6.92 Å². The van der Waals surface area contributed by atoms with E-state index < -0.39 is 0 Å². The highest BCUT2D eigenvalue weighted by atomic mass is 16.5. The van der Waals surface area contributed by atoms with Crippen molar-refractivity contribution < 1.29 is 9.47 Å². The number of methoxy groups -OCH3 is 1. The zero-order valence-electron chi connectivity index (χ0n) is 10.7. The predicted octanol–water partition coefficient (Wildman–Crippen LogP) is 0.288. The lowest BCUT2D eigenvalue weighted by molar-refractivity contribution is -0.00626. The number of ether oxygens (including phenoxy) is 2. The number of aromatic nitrogens is 2. The van der Waals surface area contributed by atoms with Gasteiger partial charge in [0.1, 0.15) is 11.4 Å². The number of nitrogens with zero attached hydrogens (tertiary/aromatic N) is 2. The minimum atomic E-state index is -0.270. The molecule has 1 fully saturated rings. The van der Waals surface area contributed by atoms with Gasteiger partial charge in [-0.2, -0.15) is 4.98 Å². The molecule has 18 heavy (non-hydrogen) atoms. The first-order chi connectivity index (χ1) is 8.69. The minimum Gasteiger partial charge on any atom is -0.378 e. The molecule has 1 aromatic heterocycles. The first-order valence-electron chi connectivity index (χ1n) is 5.86. The summed E-state index contributed by atoms with van der Waals surface area (Å²) in [6, 6.07) is 0. The Labute approximate surface area is 106 Å². The number of hydrogen-bond acceptors (Lipinski definition) is 7. The van der Waals surface area contributed by atoms with Crippen molar-refractivity contribution >= 4 is 11.8 Å². The van der Waals surface area contributed by atoms with Gasteiger partial charge in [-0.1, -0.05) is 0 Å². The molecule has 7 heteroatoms. The van der Waals surface area contributed by atoms with Crippen LogP contribution in [0.2, 0.25) is 0 Å². The molecular formula is C11H19N5O2. The van der Waals surface area contributed by atoms with Crippen molar-refractivity contribution in [2.75, 3.05) is 37.6 Å². The van der Waals surface area contributed by atoms with Gasteiger partial charge in [0.15, 0.2) is 0 Å². The Bertz CT molecular complexity index is 406. The maximum atomic E-state index is 5.55. The average molecular weight is 253 g/mol. The predicted molar refractivity (Wildman–Crippen MR) is 68.2 cm³/mol. The SMILES string of the molecule is COC1(CNc2nc(NN)ncc2C)CCOC1. The Balaban J connectivity index is 2.05. The second-order valence-corrected chi connectivity index (χ2v) is 4.41. The van der Waals surface area contributed by atoms with Crippen molar-refractivity contribution in [1.29, 1.82) is 0 Å². The first kappa shape index (κ1) is 13.0. The molecule has 1 saturated heterocycles. The van der Waals surface area contributed by atoms with Crippen molar-refractivity contribution in [3.05, 3.63) is 11.8 Å². The number of rotatable bonds is 5. The van der Waals surface area contributed by atoms with E-state index >= 15 is 0 Å². The Morgan fingerprint density at radius 2 is 2.44 bits per heavy atom. The van der Waals surface area contributed by atoms with Gasteiger partial charge in [-0.3, -0.25) is 5.43 Å². The van der Waals surface area contributed by atoms with E-state index in [4.69, 9.17) is 15.3 Å². The van der Waals surface area contributed by atoms with Crippen LogP contribution in [0.3, 0.4) is 0 Å². The van der Waals surface area contributed by atoms with Crippen LogP contribution in [0, 0.1) is 6.92 Å². The van der Waals surface area contributed by atoms with E-state index in [1.807, 2.05) is 6.92 Å². The van der Waals surface area contributed by atoms with E-state index in [0.29, 0.717) is 19.1 Å². The fourth-order valence-corrected chi connectivity index (χ4v) is 1.90. The summed E-state index contributed by atoms with van der Waals surface area (Å²) in [5.74, 6) is 6.43. The highest BCUT2D eigenvalue weighted by Gasteiger charge is 2.34. The van der Waals surface area contributed by atoms with Crippen LogP contribution >= 0.6 is 0 Å². The second-order valence-electron chi connectivity index (χ2n) is 4.41. The monoisotopic (exact) mass is 253 g/mol. The van der Waals surface area contributed by atoms with Crippen LogP contribution in [0.5, 0.6) is 0 Å². The third kappa shape index (κ3) is 2.69. The fraction of sp³-hybridized carbons (Fsp3) is 0.636. The van der Waals surface area contributed by atoms with E-state index in [9.17, 15) is 0 Å². The molecule has 1 aliphatic heterocycles. The van der Waals surface area contributed by atoms with E-state index in [2.05, 4.69) is 20.7 Å². The lowest BCUT2D eigenvalue weighted by atomic mass is 10.0. The molecule has 4 N–H and O–H groups in total. The summed E-state index contributed by atoms with van der Waals surface area (Å²) in [4.78, 5) is 8.29. The molecule has 7 nitrogen and oxygen atoms in total. The molecule has 0 saturated carbocycles. The molecule has 100 valence electrons. The third-order valence-electron chi connectivity index (χ3n) is 3.18. The maximum Gasteiger partial charge on any atom is 0.239 e. The molecule has 1 aliphatic rings. The van der Waals surface area contributed by atoms with Crippen LogP contribution < -0.4 is 16.6 Å². The first-order valence-corrected chi connectivity index (χ1v) is 5.86. The summed E-state index contributed by atoms with van der Waals surface area (Å²) in [5.41, 5.74) is 3.12. The van der Waals surface area contributed by atoms with Gasteiger partial charge in [0.2, 0.25) is 5.95 Å². The quantitative estimate of drug-likeness (QED) is 0.513. The van der Waals surface area contributed by atoms with E-state index in [1.165, 1.54) is 0 Å². The van der Waals surface area contributed by atoms with Crippen molar-refractivity contribution in [2.24, 2.45) is 5.84 Å². The largest absolute Gasteiger partial charge is 0.378 e. The number of hydrogen-bond donors (Lipinski definition) is 3. The van der Waals surface area contributed by atoms with Crippen LogP contribution in [0.1, 0.15) is 12.0 Å². The molecule has 0 aliphatic carbocycles. The summed E-state index contributed by atoms with van der Waals surface area (Å²) < 4.78 is 10.9. The molecule has 1 unspecified atom stereocenters. The lowest BCUT2D eigenvalue weighted by Gasteiger charge is -2.26. The summed E-state index contributed by atoms with van der Waals surface area (Å²) in [7, 11) is 1.70. The molecule has 1 aromatic rings. The van der Waals surface area contributed by atoms with Crippen LogP contribution in [0.25, 0.3) is 0 Å². The number of nitrogens with two attached hydrogens (primary N) is 1. The van der Waals surface area contributed by atoms with Crippen LogP contribution in [-0.2, 0) is 9.47 Å². The van der Waals surface area contributed by atoms with Gasteiger partial charge in [0, 0.05) is 38.4 Å². The second kappa shape index (κ2) is 5.47. The Hall–Kier alpha value is -1.44. The highest BCUT2D eigenvalue weighted by molar-refractivity contribution is 5.46. The fourth-order valence-electron chi connectivity index (χ4n) is 1.90. The third-order valence-corrected chi connectivity index (χ3v) is 3.18. The number of hydrazine groups is 1. The number of nitrogen functional groups attached to an aromatic ring is 1. The number of nitrogens with one attached hydrogen (secondary N) is 2. The Morgan fingerprint density at radius 3 is 3.06 bits per heavy atom. The molecule has 2 heterocycles. The summed E-state index contributed by atoms with van der Waals surface area (Å²) in [6.07, 6.45) is 2.60. The van der Waals surface area contributed by atoms with Gasteiger partial charge >= 0.3 is 0 Å². The molecule has 2 rings (SSSR count). The van der Waals surface area contributed by atoms with Crippen LogP contribution in [0.4, 0.5) is 11.8 Å². The molecule has 0 spiro atoms. The van der Waals surface area contributed by atoms with Crippen LogP contribution in [-0.4, -0.2) is 42.4 Å². The van der Waals surface area contributed by atoms with Crippen molar-refractivity contribution in [3.8, 4) is 0 Å². The lowest BCUT2D eigenvalue weighted by Crippen LogP contribution is -2.39. The molecule has 0 radical (unpaired) electrons. The smallest absolute Gasteiger partial charge is 0.239 e. The molecule has 0 aromatic carbocycles. The molecule has 0 amide bonds. The van der Waals surface area contributed by atoms with Gasteiger partial charge in [0.25, 0.3) is 0 Å². The summed E-state index contributed by atoms with van der Waals surface area (Å²) in [5, 5.41) is 3.27. The average Bonchev–Trinajstić information content (AvgIpc) is 2.87. The zero-order valence-corrected chi connectivity index (χ0v) is 10.7. The summed E-state index contributed by atoms with van der Waals surface area (Å²) in [6.45, 7) is 3.91. The molecule has 0 bridgehead atoms. The zero-order chi connectivity index (χ0) is 13.0. The number of aryl methyl sites for hydroxylation is 1.